The molecule has 168 valence electrons. The number of aromatic nitrogens is 1. The first-order chi connectivity index (χ1) is 16.1. The highest BCUT2D eigenvalue weighted by Crippen LogP contribution is 2.28. The molecular formula is C27H27N3O3. The van der Waals surface area contributed by atoms with Gasteiger partial charge >= 0.3 is 0 Å². The summed E-state index contributed by atoms with van der Waals surface area (Å²) in [6, 6.07) is 25.0. The maximum Gasteiger partial charge on any atom is 0.252 e. The van der Waals surface area contributed by atoms with Crippen molar-refractivity contribution in [1.29, 1.82) is 0 Å². The molecule has 0 saturated carbocycles. The van der Waals surface area contributed by atoms with Gasteiger partial charge in [0.25, 0.3) is 5.91 Å². The van der Waals surface area contributed by atoms with Crippen molar-refractivity contribution in [2.24, 2.45) is 0 Å². The van der Waals surface area contributed by atoms with Gasteiger partial charge in [0.15, 0.2) is 5.76 Å². The van der Waals surface area contributed by atoms with E-state index in [2.05, 4.69) is 15.2 Å². The molecule has 0 radical (unpaired) electrons. The van der Waals surface area contributed by atoms with Gasteiger partial charge in [-0.1, -0.05) is 54.6 Å². The number of carbonyl (C=O) groups is 1. The Morgan fingerprint density at radius 3 is 2.39 bits per heavy atom. The molecule has 6 nitrogen and oxygen atoms in total. The third kappa shape index (κ3) is 5.13. The lowest BCUT2D eigenvalue weighted by atomic mass is 10.0. The van der Waals surface area contributed by atoms with Crippen molar-refractivity contribution in [2.45, 2.75) is 6.04 Å². The van der Waals surface area contributed by atoms with E-state index in [-0.39, 0.29) is 11.9 Å². The predicted molar refractivity (Wildman–Crippen MR) is 129 cm³/mol. The highest BCUT2D eigenvalue weighted by molar-refractivity contribution is 6.00. The summed E-state index contributed by atoms with van der Waals surface area (Å²) in [6.45, 7) is 0.452. The summed E-state index contributed by atoms with van der Waals surface area (Å²) in [5.74, 6) is 1.70. The van der Waals surface area contributed by atoms with Gasteiger partial charge in [0.05, 0.1) is 24.9 Å². The molecule has 1 amide bonds. The number of oxazole rings is 1. The second-order valence-corrected chi connectivity index (χ2v) is 7.90. The van der Waals surface area contributed by atoms with E-state index in [1.807, 2.05) is 86.9 Å². The zero-order valence-electron chi connectivity index (χ0n) is 19.0. The van der Waals surface area contributed by atoms with Crippen LogP contribution in [-0.2, 0) is 0 Å². The van der Waals surface area contributed by atoms with Gasteiger partial charge in [0, 0.05) is 17.7 Å². The number of methoxy groups -OCH3 is 1. The molecule has 0 unspecified atom stereocenters. The summed E-state index contributed by atoms with van der Waals surface area (Å²) < 4.78 is 11.2. The predicted octanol–water partition coefficient (Wildman–Crippen LogP) is 5.05. The van der Waals surface area contributed by atoms with Gasteiger partial charge in [-0.2, -0.15) is 0 Å². The van der Waals surface area contributed by atoms with Crippen LogP contribution in [0.2, 0.25) is 0 Å². The number of ether oxygens (including phenoxy) is 1. The molecule has 33 heavy (non-hydrogen) atoms. The summed E-state index contributed by atoms with van der Waals surface area (Å²) in [5.41, 5.74) is 3.20. The molecule has 0 aliphatic carbocycles. The molecule has 1 N–H and O–H groups in total. The number of benzene rings is 3. The number of amides is 1. The van der Waals surface area contributed by atoms with E-state index in [1.54, 1.807) is 19.4 Å². The Hall–Kier alpha value is -3.90. The molecule has 0 bridgehead atoms. The van der Waals surface area contributed by atoms with Crippen LogP contribution in [0.3, 0.4) is 0 Å². The van der Waals surface area contributed by atoms with Gasteiger partial charge in [-0.25, -0.2) is 4.98 Å². The van der Waals surface area contributed by atoms with Gasteiger partial charge in [0.1, 0.15) is 5.75 Å². The van der Waals surface area contributed by atoms with Crippen LogP contribution < -0.4 is 10.1 Å². The van der Waals surface area contributed by atoms with Crippen molar-refractivity contribution in [2.75, 3.05) is 27.7 Å². The lowest BCUT2D eigenvalue weighted by Crippen LogP contribution is -2.34. The second kappa shape index (κ2) is 10.1. The van der Waals surface area contributed by atoms with Crippen LogP contribution in [0.15, 0.2) is 89.5 Å². The summed E-state index contributed by atoms with van der Waals surface area (Å²) >= 11 is 0. The van der Waals surface area contributed by atoms with Crippen molar-refractivity contribution in [1.82, 2.24) is 15.2 Å². The minimum Gasteiger partial charge on any atom is -0.497 e. The highest BCUT2D eigenvalue weighted by atomic mass is 16.5. The smallest absolute Gasteiger partial charge is 0.252 e. The maximum absolute atomic E-state index is 13.2. The zero-order valence-corrected chi connectivity index (χ0v) is 19.0. The Bertz CT molecular complexity index is 1200. The van der Waals surface area contributed by atoms with Crippen LogP contribution in [-0.4, -0.2) is 43.5 Å². The van der Waals surface area contributed by atoms with Gasteiger partial charge in [-0.3, -0.25) is 4.79 Å². The van der Waals surface area contributed by atoms with Gasteiger partial charge in [-0.15, -0.1) is 0 Å². The summed E-state index contributed by atoms with van der Waals surface area (Å²) in [7, 11) is 5.63. The summed E-state index contributed by atoms with van der Waals surface area (Å²) in [6.07, 6.45) is 1.69. The van der Waals surface area contributed by atoms with Crippen LogP contribution in [0.5, 0.6) is 5.75 Å². The largest absolute Gasteiger partial charge is 0.497 e. The fourth-order valence-electron chi connectivity index (χ4n) is 3.71. The molecule has 0 aliphatic heterocycles. The Morgan fingerprint density at radius 1 is 1.00 bits per heavy atom. The molecule has 4 rings (SSSR count). The van der Waals surface area contributed by atoms with Gasteiger partial charge in [0.2, 0.25) is 5.89 Å². The van der Waals surface area contributed by atoms with Crippen molar-refractivity contribution in [3.8, 4) is 28.5 Å². The van der Waals surface area contributed by atoms with E-state index >= 15 is 0 Å². The van der Waals surface area contributed by atoms with Crippen LogP contribution in [0.25, 0.3) is 22.8 Å². The molecule has 1 aromatic heterocycles. The molecule has 3 aromatic carbocycles. The molecule has 0 spiro atoms. The Kier molecular flexibility index (Phi) is 6.86. The number of nitrogens with one attached hydrogen (secondary N) is 1. The molecule has 0 fully saturated rings. The minimum atomic E-state index is -0.176. The standard InChI is InChI=1S/C27H27N3O3/c1-30(2)24(19-13-15-21(32-3)16-14-19)17-28-26(31)22-11-7-8-12-23(22)27-29-18-25(33-27)20-9-5-4-6-10-20/h4-16,18,24H,17H2,1-3H3,(H,28,31)/t24-/m1/s1. The second-order valence-electron chi connectivity index (χ2n) is 7.90. The summed E-state index contributed by atoms with van der Waals surface area (Å²) in [4.78, 5) is 19.7. The number of nitrogens with zero attached hydrogens (tertiary/aromatic N) is 2. The van der Waals surface area contributed by atoms with Gasteiger partial charge in [-0.05, 0) is 43.9 Å². The maximum atomic E-state index is 13.2. The Labute approximate surface area is 193 Å². The van der Waals surface area contributed by atoms with E-state index in [0.717, 1.165) is 16.9 Å². The fourth-order valence-corrected chi connectivity index (χ4v) is 3.71. The molecule has 0 saturated heterocycles. The number of hydrogen-bond acceptors (Lipinski definition) is 5. The average molecular weight is 442 g/mol. The first-order valence-corrected chi connectivity index (χ1v) is 10.8. The first kappa shape index (κ1) is 22.3. The Balaban J connectivity index is 1.53. The van der Waals surface area contributed by atoms with Crippen LogP contribution in [0, 0.1) is 0 Å². The Morgan fingerprint density at radius 2 is 1.70 bits per heavy atom. The van der Waals surface area contributed by atoms with Crippen molar-refractivity contribution in [3.05, 3.63) is 96.2 Å². The molecule has 6 heteroatoms. The fraction of sp³-hybridized carbons (Fsp3) is 0.185. The van der Waals surface area contributed by atoms with Crippen LogP contribution in [0.4, 0.5) is 0 Å². The van der Waals surface area contributed by atoms with Crippen molar-refractivity contribution >= 4 is 5.91 Å². The molecule has 1 atom stereocenters. The number of likely N-dealkylation sites (N-methyl/N-ethyl adjacent to an activating group) is 1. The topological polar surface area (TPSA) is 67.6 Å². The first-order valence-electron chi connectivity index (χ1n) is 10.8. The highest BCUT2D eigenvalue weighted by Gasteiger charge is 2.20. The van der Waals surface area contributed by atoms with E-state index in [1.165, 1.54) is 0 Å². The minimum absolute atomic E-state index is 0.0124. The zero-order chi connectivity index (χ0) is 23.2. The molecule has 1 heterocycles. The van der Waals surface area contributed by atoms with E-state index in [0.29, 0.717) is 29.3 Å². The van der Waals surface area contributed by atoms with Crippen LogP contribution >= 0.6 is 0 Å². The molecule has 0 aliphatic rings. The lowest BCUT2D eigenvalue weighted by molar-refractivity contribution is 0.0942. The van der Waals surface area contributed by atoms with E-state index in [4.69, 9.17) is 9.15 Å². The number of carbonyl (C=O) groups excluding carboxylic acids is 1. The monoisotopic (exact) mass is 441 g/mol. The molecular weight excluding hydrogens is 414 g/mol. The number of hydrogen-bond donors (Lipinski definition) is 1. The van der Waals surface area contributed by atoms with Gasteiger partial charge < -0.3 is 19.4 Å². The number of rotatable bonds is 8. The SMILES string of the molecule is COc1ccc([C@@H](CNC(=O)c2ccccc2-c2ncc(-c3ccccc3)o2)N(C)C)cc1. The van der Waals surface area contributed by atoms with Crippen molar-refractivity contribution < 1.29 is 13.9 Å². The van der Waals surface area contributed by atoms with E-state index in [9.17, 15) is 4.79 Å². The van der Waals surface area contributed by atoms with Crippen molar-refractivity contribution in [3.63, 3.8) is 0 Å². The average Bonchev–Trinajstić information content (AvgIpc) is 3.35. The van der Waals surface area contributed by atoms with E-state index < -0.39 is 0 Å². The quantitative estimate of drug-likeness (QED) is 0.414. The normalized spacial score (nSPS) is 11.9. The third-order valence-electron chi connectivity index (χ3n) is 5.55. The van der Waals surface area contributed by atoms with Crippen LogP contribution in [0.1, 0.15) is 22.0 Å². The summed E-state index contributed by atoms with van der Waals surface area (Å²) in [5, 5.41) is 3.07. The lowest BCUT2D eigenvalue weighted by Gasteiger charge is -2.25. The molecule has 4 aromatic rings. The third-order valence-corrected chi connectivity index (χ3v) is 5.55.